The van der Waals surface area contributed by atoms with E-state index in [0.717, 1.165) is 82.7 Å². The first-order valence-corrected chi connectivity index (χ1v) is 15.1. The van der Waals surface area contributed by atoms with Gasteiger partial charge in [-0.25, -0.2) is 0 Å². The van der Waals surface area contributed by atoms with Crippen LogP contribution in [-0.2, 0) is 9.59 Å². The first-order valence-electron chi connectivity index (χ1n) is 14.3. The summed E-state index contributed by atoms with van der Waals surface area (Å²) in [5.41, 5.74) is 0. The van der Waals surface area contributed by atoms with Crippen LogP contribution in [0.4, 0.5) is 0 Å². The molecule has 2 saturated carbocycles. The van der Waals surface area contributed by atoms with E-state index in [4.69, 9.17) is 9.47 Å². The van der Waals surface area contributed by atoms with Gasteiger partial charge in [-0.1, -0.05) is 92.8 Å². The molecule has 4 aromatic rings. The van der Waals surface area contributed by atoms with Gasteiger partial charge in [0.25, 0.3) is 0 Å². The molecule has 2 aliphatic rings. The average Bonchev–Trinajstić information content (AvgIpc) is 3.00. The van der Waals surface area contributed by atoms with Gasteiger partial charge in [0.05, 0.1) is 11.8 Å². The lowest BCUT2D eigenvalue weighted by molar-refractivity contribution is -0.140. The Morgan fingerprint density at radius 3 is 1.59 bits per heavy atom. The normalized spacial score (nSPS) is 16.8. The molecule has 4 aromatic carbocycles. The molecule has 5 heteroatoms. The topological polar surface area (TPSA) is 52.6 Å². The fourth-order valence-electron chi connectivity index (χ4n) is 6.03. The Bertz CT molecular complexity index is 1480. The van der Waals surface area contributed by atoms with E-state index in [1.165, 1.54) is 12.8 Å². The van der Waals surface area contributed by atoms with Crippen LogP contribution in [0.25, 0.3) is 21.5 Å². The van der Waals surface area contributed by atoms with Crippen molar-refractivity contribution < 1.29 is 19.1 Å². The van der Waals surface area contributed by atoms with Crippen LogP contribution >= 0.6 is 11.8 Å². The quantitative estimate of drug-likeness (QED) is 0.139. The van der Waals surface area contributed by atoms with E-state index in [0.29, 0.717) is 11.5 Å². The molecule has 0 amide bonds. The van der Waals surface area contributed by atoms with Crippen LogP contribution in [0.1, 0.15) is 64.2 Å². The smallest absolute Gasteiger partial charge is 0.314 e. The molecule has 2 fully saturated rings. The van der Waals surface area contributed by atoms with Gasteiger partial charge in [-0.3, -0.25) is 9.59 Å². The predicted molar refractivity (Wildman–Crippen MR) is 156 cm³/mol. The van der Waals surface area contributed by atoms with Gasteiger partial charge in [0, 0.05) is 31.3 Å². The number of hydrogen-bond acceptors (Lipinski definition) is 5. The van der Waals surface area contributed by atoms with Gasteiger partial charge in [-0.15, -0.1) is 0 Å². The zero-order valence-electron chi connectivity index (χ0n) is 22.2. The van der Waals surface area contributed by atoms with E-state index in [1.807, 2.05) is 48.5 Å². The van der Waals surface area contributed by atoms with Crippen LogP contribution in [0, 0.1) is 11.8 Å². The van der Waals surface area contributed by atoms with E-state index in [1.54, 1.807) is 11.8 Å². The van der Waals surface area contributed by atoms with Gasteiger partial charge in [-0.2, -0.15) is 0 Å². The molecule has 0 radical (unpaired) electrons. The molecule has 0 bridgehead atoms. The Morgan fingerprint density at radius 1 is 0.538 bits per heavy atom. The van der Waals surface area contributed by atoms with Crippen LogP contribution in [0.2, 0.25) is 0 Å². The minimum atomic E-state index is -0.158. The zero-order chi connectivity index (χ0) is 26.6. The Morgan fingerprint density at radius 2 is 1.03 bits per heavy atom. The Kier molecular flexibility index (Phi) is 7.87. The van der Waals surface area contributed by atoms with Crippen LogP contribution in [-0.4, -0.2) is 11.9 Å². The summed E-state index contributed by atoms with van der Waals surface area (Å²) in [4.78, 5) is 28.9. The van der Waals surface area contributed by atoms with Crippen LogP contribution in [0.15, 0.2) is 82.6 Å². The summed E-state index contributed by atoms with van der Waals surface area (Å²) in [6.45, 7) is 0. The number of ether oxygens (including phenoxy) is 2. The van der Waals surface area contributed by atoms with Crippen LogP contribution in [0.5, 0.6) is 11.5 Å². The van der Waals surface area contributed by atoms with Crippen molar-refractivity contribution in [3.63, 3.8) is 0 Å². The second-order valence-electron chi connectivity index (χ2n) is 10.8. The number of hydrogen-bond donors (Lipinski definition) is 0. The number of fused-ring (bicyclic) bond motifs is 2. The third-order valence-electron chi connectivity index (χ3n) is 8.16. The first-order chi connectivity index (χ1) is 19.2. The molecule has 6 rings (SSSR count). The Hall–Kier alpha value is -3.31. The van der Waals surface area contributed by atoms with E-state index in [2.05, 4.69) is 24.3 Å². The number of benzene rings is 4. The van der Waals surface area contributed by atoms with Crippen LogP contribution < -0.4 is 9.47 Å². The summed E-state index contributed by atoms with van der Waals surface area (Å²) in [5.74, 6) is 0.668. The summed E-state index contributed by atoms with van der Waals surface area (Å²) in [6.07, 6.45) is 10.1. The standard InChI is InChI=1S/C34H34O4S/c35-33(23-12-4-1-5-13-23)37-31-27-18-10-11-19-28(27)32(38-34(36)24-14-6-2-7-15-24)30-22-26(20-21-29(30)31)39-25-16-8-3-9-17-25/h3,8-11,16-24H,1-2,4-7,12-15H2. The molecule has 4 nitrogen and oxygen atoms in total. The maximum atomic E-state index is 13.4. The van der Waals surface area contributed by atoms with Gasteiger partial charge in [0.2, 0.25) is 0 Å². The fraction of sp³-hybridized carbons (Fsp3) is 0.353. The highest BCUT2D eigenvalue weighted by molar-refractivity contribution is 7.99. The number of esters is 2. The van der Waals surface area contributed by atoms with Gasteiger partial charge in [-0.05, 0) is 56.0 Å². The fourth-order valence-corrected chi connectivity index (χ4v) is 6.91. The SMILES string of the molecule is O=C(Oc1c2ccccc2c(OC(=O)C2CCCCC2)c2cc(Sc3ccccc3)ccc12)C1CCCCC1. The average molecular weight is 539 g/mol. The number of carbonyl (C=O) groups excluding carboxylic acids is 2. The molecule has 0 unspecified atom stereocenters. The van der Waals surface area contributed by atoms with Crippen molar-refractivity contribution in [3.05, 3.63) is 72.8 Å². The summed E-state index contributed by atoms with van der Waals surface area (Å²) in [7, 11) is 0. The van der Waals surface area contributed by atoms with Crippen molar-refractivity contribution in [2.45, 2.75) is 74.0 Å². The molecule has 0 atom stereocenters. The van der Waals surface area contributed by atoms with Crippen LogP contribution in [0.3, 0.4) is 0 Å². The highest BCUT2D eigenvalue weighted by Crippen LogP contribution is 2.45. The number of rotatable bonds is 6. The van der Waals surface area contributed by atoms with E-state index < -0.39 is 0 Å². The van der Waals surface area contributed by atoms with Gasteiger partial charge >= 0.3 is 11.9 Å². The van der Waals surface area contributed by atoms with Gasteiger partial charge < -0.3 is 9.47 Å². The predicted octanol–water partition coefficient (Wildman–Crippen LogP) is 9.12. The third-order valence-corrected chi connectivity index (χ3v) is 9.16. The molecule has 39 heavy (non-hydrogen) atoms. The molecular formula is C34H34O4S. The van der Waals surface area contributed by atoms with Crippen molar-refractivity contribution in [3.8, 4) is 11.5 Å². The lowest BCUT2D eigenvalue weighted by Gasteiger charge is -2.23. The maximum absolute atomic E-state index is 13.4. The molecule has 0 spiro atoms. The Balaban J connectivity index is 1.47. The Labute approximate surface area is 234 Å². The second-order valence-corrected chi connectivity index (χ2v) is 12.0. The van der Waals surface area contributed by atoms with Crippen molar-refractivity contribution in [2.24, 2.45) is 11.8 Å². The summed E-state index contributed by atoms with van der Waals surface area (Å²) in [5, 5.41) is 3.18. The van der Waals surface area contributed by atoms with E-state index in [-0.39, 0.29) is 23.8 Å². The zero-order valence-corrected chi connectivity index (χ0v) is 23.0. The summed E-state index contributed by atoms with van der Waals surface area (Å²) < 4.78 is 12.5. The highest BCUT2D eigenvalue weighted by atomic mass is 32.2. The van der Waals surface area contributed by atoms with Crippen molar-refractivity contribution in [1.82, 2.24) is 0 Å². The highest BCUT2D eigenvalue weighted by Gasteiger charge is 2.28. The molecule has 0 aromatic heterocycles. The minimum Gasteiger partial charge on any atom is -0.425 e. The largest absolute Gasteiger partial charge is 0.425 e. The van der Waals surface area contributed by atoms with E-state index >= 15 is 0 Å². The van der Waals surface area contributed by atoms with Crippen molar-refractivity contribution in [1.29, 1.82) is 0 Å². The van der Waals surface area contributed by atoms with Crippen molar-refractivity contribution >= 4 is 45.2 Å². The van der Waals surface area contributed by atoms with Gasteiger partial charge in [0.1, 0.15) is 11.5 Å². The third kappa shape index (κ3) is 5.69. The number of carbonyl (C=O) groups is 2. The summed E-state index contributed by atoms with van der Waals surface area (Å²) in [6, 6.07) is 24.2. The molecular weight excluding hydrogens is 504 g/mol. The monoisotopic (exact) mass is 538 g/mol. The molecule has 200 valence electrons. The second kappa shape index (κ2) is 11.8. The molecule has 0 heterocycles. The van der Waals surface area contributed by atoms with Gasteiger partial charge in [0.15, 0.2) is 0 Å². The van der Waals surface area contributed by atoms with E-state index in [9.17, 15) is 9.59 Å². The first kappa shape index (κ1) is 25.9. The maximum Gasteiger partial charge on any atom is 0.314 e. The molecule has 0 aliphatic heterocycles. The minimum absolute atomic E-state index is 0.0655. The van der Waals surface area contributed by atoms with Crippen molar-refractivity contribution in [2.75, 3.05) is 0 Å². The molecule has 2 aliphatic carbocycles. The lowest BCUT2D eigenvalue weighted by Crippen LogP contribution is -2.23. The summed E-state index contributed by atoms with van der Waals surface area (Å²) >= 11 is 1.66. The molecule has 0 N–H and O–H groups in total. The molecule has 0 saturated heterocycles. The lowest BCUT2D eigenvalue weighted by atomic mass is 9.89.